The van der Waals surface area contributed by atoms with Crippen molar-refractivity contribution in [1.82, 2.24) is 0 Å². The standard InChI is InChI=1S/C23H32N2O4S/c1-23(22(24)26,30(3,27)28)14-17-25-15-12-21(13-16-25)20-10-8-19(9-11-20)7-5-4-6-18-29-2/h8-12H,4,6,13-18H2,1-3H3,(H2,24,26)/p+1. The van der Waals surface area contributed by atoms with Gasteiger partial charge < -0.3 is 15.4 Å². The van der Waals surface area contributed by atoms with Crippen LogP contribution in [0.3, 0.4) is 0 Å². The molecule has 6 nitrogen and oxygen atoms in total. The number of hydrogen-bond acceptors (Lipinski definition) is 4. The van der Waals surface area contributed by atoms with E-state index in [1.54, 1.807) is 7.11 Å². The monoisotopic (exact) mass is 433 g/mol. The Labute approximate surface area is 180 Å². The molecule has 0 spiro atoms. The Morgan fingerprint density at radius 2 is 2.00 bits per heavy atom. The summed E-state index contributed by atoms with van der Waals surface area (Å²) in [5.74, 6) is 5.56. The van der Waals surface area contributed by atoms with Crippen LogP contribution in [0.1, 0.15) is 43.7 Å². The fraction of sp³-hybridized carbons (Fsp3) is 0.522. The number of carbonyl (C=O) groups excluding carboxylic acids is 1. The highest BCUT2D eigenvalue weighted by Crippen LogP contribution is 2.21. The second-order valence-electron chi connectivity index (χ2n) is 8.03. The molecule has 0 aromatic heterocycles. The lowest BCUT2D eigenvalue weighted by Crippen LogP contribution is -3.12. The van der Waals surface area contributed by atoms with Gasteiger partial charge in [0.05, 0.1) is 19.6 Å². The van der Waals surface area contributed by atoms with Gasteiger partial charge in [0, 0.05) is 44.8 Å². The van der Waals surface area contributed by atoms with Gasteiger partial charge in [-0.1, -0.05) is 24.0 Å². The van der Waals surface area contributed by atoms with E-state index in [4.69, 9.17) is 10.5 Å². The van der Waals surface area contributed by atoms with Crippen LogP contribution in [0.4, 0.5) is 0 Å². The summed E-state index contributed by atoms with van der Waals surface area (Å²) < 4.78 is 27.5. The van der Waals surface area contributed by atoms with E-state index in [9.17, 15) is 13.2 Å². The summed E-state index contributed by atoms with van der Waals surface area (Å²) in [4.78, 5) is 13.0. The summed E-state index contributed by atoms with van der Waals surface area (Å²) in [6.07, 6.45) is 6.19. The van der Waals surface area contributed by atoms with Gasteiger partial charge in [0.1, 0.15) is 0 Å². The van der Waals surface area contributed by atoms with Gasteiger partial charge in [-0.15, -0.1) is 0 Å². The minimum absolute atomic E-state index is 0.234. The van der Waals surface area contributed by atoms with Crippen molar-refractivity contribution in [3.05, 3.63) is 41.5 Å². The van der Waals surface area contributed by atoms with Crippen LogP contribution >= 0.6 is 0 Å². The third-order valence-electron chi connectivity index (χ3n) is 5.82. The van der Waals surface area contributed by atoms with Crippen LogP contribution in [0, 0.1) is 11.8 Å². The minimum atomic E-state index is -3.55. The first-order valence-corrected chi connectivity index (χ1v) is 12.2. The third-order valence-corrected chi connectivity index (χ3v) is 7.86. The second-order valence-corrected chi connectivity index (χ2v) is 10.5. The molecule has 0 fully saturated rings. The van der Waals surface area contributed by atoms with Crippen molar-refractivity contribution in [2.45, 2.75) is 37.4 Å². The number of methoxy groups -OCH3 is 1. The number of unbranched alkanes of at least 4 members (excludes halogenated alkanes) is 1. The van der Waals surface area contributed by atoms with Crippen LogP contribution in [0.15, 0.2) is 30.3 Å². The van der Waals surface area contributed by atoms with Crippen molar-refractivity contribution in [3.63, 3.8) is 0 Å². The van der Waals surface area contributed by atoms with E-state index < -0.39 is 20.5 Å². The van der Waals surface area contributed by atoms with Crippen LogP contribution in [-0.4, -0.2) is 58.7 Å². The molecule has 0 bridgehead atoms. The zero-order valence-electron chi connectivity index (χ0n) is 18.2. The molecule has 1 aromatic rings. The molecule has 1 aromatic carbocycles. The number of nitrogens with two attached hydrogens (primary N) is 1. The molecule has 7 heteroatoms. The smallest absolute Gasteiger partial charge is 0.238 e. The lowest BCUT2D eigenvalue weighted by Gasteiger charge is -2.28. The van der Waals surface area contributed by atoms with Crippen molar-refractivity contribution >= 4 is 21.3 Å². The number of ether oxygens (including phenoxy) is 1. The lowest BCUT2D eigenvalue weighted by molar-refractivity contribution is -0.895. The maximum Gasteiger partial charge on any atom is 0.238 e. The molecule has 1 aliphatic rings. The van der Waals surface area contributed by atoms with E-state index in [2.05, 4.69) is 30.0 Å². The SMILES string of the molecule is COCCCC#Cc1ccc(C2=CC[NH+](CCC(C)(C(N)=O)S(C)(=O)=O)CC2)cc1. The van der Waals surface area contributed by atoms with Gasteiger partial charge in [0.25, 0.3) is 0 Å². The summed E-state index contributed by atoms with van der Waals surface area (Å²) in [5, 5.41) is 0. The molecule has 3 N–H and O–H groups in total. The van der Waals surface area contributed by atoms with Crippen molar-refractivity contribution < 1.29 is 22.8 Å². The highest BCUT2D eigenvalue weighted by Gasteiger charge is 2.42. The molecule has 30 heavy (non-hydrogen) atoms. The van der Waals surface area contributed by atoms with Gasteiger partial charge in [0.2, 0.25) is 5.91 Å². The van der Waals surface area contributed by atoms with E-state index in [-0.39, 0.29) is 6.42 Å². The Kier molecular flexibility index (Phi) is 8.65. The fourth-order valence-electron chi connectivity index (χ4n) is 3.42. The second kappa shape index (κ2) is 10.8. The largest absolute Gasteiger partial charge is 0.385 e. The van der Waals surface area contributed by atoms with Gasteiger partial charge in [-0.3, -0.25) is 4.79 Å². The maximum atomic E-state index is 12.0. The number of primary amides is 1. The van der Waals surface area contributed by atoms with E-state index in [1.807, 2.05) is 12.1 Å². The number of nitrogens with one attached hydrogen (secondary N) is 1. The molecular formula is C23H33N2O4S+. The molecule has 2 rings (SSSR count). The minimum Gasteiger partial charge on any atom is -0.385 e. The predicted octanol–water partition coefficient (Wildman–Crippen LogP) is 0.815. The third kappa shape index (κ3) is 6.43. The van der Waals surface area contributed by atoms with Crippen LogP contribution < -0.4 is 10.6 Å². The van der Waals surface area contributed by atoms with E-state index >= 15 is 0 Å². The normalized spacial score (nSPS) is 18.6. The van der Waals surface area contributed by atoms with Gasteiger partial charge in [-0.25, -0.2) is 8.42 Å². The maximum absolute atomic E-state index is 12.0. The van der Waals surface area contributed by atoms with Crippen molar-refractivity contribution in [2.24, 2.45) is 5.73 Å². The molecule has 1 amide bonds. The number of hydrogen-bond donors (Lipinski definition) is 2. The van der Waals surface area contributed by atoms with Crippen LogP contribution in [-0.2, 0) is 19.4 Å². The molecule has 2 atom stereocenters. The van der Waals surface area contributed by atoms with Crippen LogP contribution in [0.25, 0.3) is 5.57 Å². The van der Waals surface area contributed by atoms with Gasteiger partial charge in [-0.2, -0.15) is 0 Å². The van der Waals surface area contributed by atoms with Crippen molar-refractivity contribution in [2.75, 3.05) is 39.6 Å². The predicted molar refractivity (Wildman–Crippen MR) is 120 cm³/mol. The highest BCUT2D eigenvalue weighted by atomic mass is 32.2. The molecule has 0 saturated heterocycles. The Hall–Kier alpha value is -2.14. The highest BCUT2D eigenvalue weighted by molar-refractivity contribution is 7.92. The summed E-state index contributed by atoms with van der Waals surface area (Å²) in [7, 11) is -1.86. The molecule has 2 unspecified atom stereocenters. The van der Waals surface area contributed by atoms with Crippen molar-refractivity contribution in [1.29, 1.82) is 0 Å². The first-order valence-electron chi connectivity index (χ1n) is 10.3. The van der Waals surface area contributed by atoms with Crippen LogP contribution in [0.5, 0.6) is 0 Å². The van der Waals surface area contributed by atoms with Gasteiger partial charge >= 0.3 is 0 Å². The zero-order chi connectivity index (χ0) is 22.2. The van der Waals surface area contributed by atoms with E-state index in [0.29, 0.717) is 6.54 Å². The Bertz CT molecular complexity index is 926. The first-order chi connectivity index (χ1) is 14.2. The number of carbonyl (C=O) groups is 1. The fourth-order valence-corrected chi connectivity index (χ4v) is 4.25. The number of quaternary nitrogens is 1. The average Bonchev–Trinajstić information content (AvgIpc) is 2.72. The lowest BCUT2D eigenvalue weighted by atomic mass is 9.98. The molecule has 0 radical (unpaired) electrons. The quantitative estimate of drug-likeness (QED) is 0.446. The molecule has 1 aliphatic heterocycles. The topological polar surface area (TPSA) is 90.9 Å². The molecular weight excluding hydrogens is 400 g/mol. The molecule has 1 heterocycles. The number of rotatable bonds is 9. The van der Waals surface area contributed by atoms with Gasteiger partial charge in [-0.05, 0) is 42.7 Å². The summed E-state index contributed by atoms with van der Waals surface area (Å²) in [5.41, 5.74) is 8.87. The summed E-state index contributed by atoms with van der Waals surface area (Å²) in [6, 6.07) is 8.29. The zero-order valence-corrected chi connectivity index (χ0v) is 19.0. The van der Waals surface area contributed by atoms with Crippen LogP contribution in [0.2, 0.25) is 0 Å². The number of benzene rings is 1. The Morgan fingerprint density at radius 3 is 2.53 bits per heavy atom. The summed E-state index contributed by atoms with van der Waals surface area (Å²) >= 11 is 0. The van der Waals surface area contributed by atoms with E-state index in [1.165, 1.54) is 23.0 Å². The van der Waals surface area contributed by atoms with Crippen molar-refractivity contribution in [3.8, 4) is 11.8 Å². The summed E-state index contributed by atoms with van der Waals surface area (Å²) in [6.45, 7) is 4.45. The molecule has 164 valence electrons. The molecule has 0 aliphatic carbocycles. The Morgan fingerprint density at radius 1 is 1.30 bits per heavy atom. The number of amides is 1. The average molecular weight is 434 g/mol. The first kappa shape index (κ1) is 24.1. The van der Waals surface area contributed by atoms with E-state index in [0.717, 1.165) is 50.8 Å². The Balaban J connectivity index is 1.92. The molecule has 0 saturated carbocycles. The van der Waals surface area contributed by atoms with Gasteiger partial charge in [0.15, 0.2) is 14.6 Å². The number of sulfone groups is 1.